The molecule has 1 unspecified atom stereocenters. The highest BCUT2D eigenvalue weighted by atomic mass is 16.5. The molecule has 1 aliphatic rings. The Morgan fingerprint density at radius 2 is 2.40 bits per heavy atom. The van der Waals surface area contributed by atoms with Crippen LogP contribution in [0.15, 0.2) is 18.2 Å². The Balaban J connectivity index is 1.92. The van der Waals surface area contributed by atoms with E-state index in [4.69, 9.17) is 11.2 Å². The van der Waals surface area contributed by atoms with E-state index in [1.165, 1.54) is 11.1 Å². The number of carbonyl (C=O) groups excluding carboxylic acids is 1. The number of hydrogen-bond donors (Lipinski definition) is 2. The molecule has 0 saturated heterocycles. The normalized spacial score (nSPS) is 16.3. The zero-order valence-electron chi connectivity index (χ0n) is 11.7. The highest BCUT2D eigenvalue weighted by molar-refractivity contribution is 5.77. The van der Waals surface area contributed by atoms with Gasteiger partial charge in [0.05, 0.1) is 6.54 Å². The summed E-state index contributed by atoms with van der Waals surface area (Å²) < 4.78 is 5.48. The van der Waals surface area contributed by atoms with Gasteiger partial charge in [-0.1, -0.05) is 18.9 Å². The van der Waals surface area contributed by atoms with Gasteiger partial charge in [0.1, 0.15) is 5.75 Å². The van der Waals surface area contributed by atoms with Gasteiger partial charge in [-0.3, -0.25) is 4.79 Å². The Morgan fingerprint density at radius 3 is 3.15 bits per heavy atom. The number of carbonyl (C=O) groups is 1. The van der Waals surface area contributed by atoms with Crippen LogP contribution in [-0.2, 0) is 11.2 Å². The van der Waals surface area contributed by atoms with E-state index in [-0.39, 0.29) is 19.1 Å². The van der Waals surface area contributed by atoms with Crippen LogP contribution in [0.2, 0.25) is 0 Å². The van der Waals surface area contributed by atoms with Crippen molar-refractivity contribution in [3.63, 3.8) is 0 Å². The first kappa shape index (κ1) is 14.4. The topological polar surface area (TPSA) is 50.4 Å². The molecule has 4 nitrogen and oxygen atoms in total. The van der Waals surface area contributed by atoms with Crippen LogP contribution in [0, 0.1) is 12.3 Å². The quantitative estimate of drug-likeness (QED) is 0.770. The van der Waals surface area contributed by atoms with Gasteiger partial charge in [0.15, 0.2) is 6.61 Å². The van der Waals surface area contributed by atoms with E-state index < -0.39 is 0 Å². The maximum Gasteiger partial charge on any atom is 0.258 e. The summed E-state index contributed by atoms with van der Waals surface area (Å²) in [5.74, 6) is 2.89. The standard InChI is InChI=1S/C16H20N2O2/c1-3-9-18-16(19)11-20-13-6-7-14-12(10-13)5-8-15(14)17-4-2/h1,6-7,10,15,17H,4-5,8-9,11H2,2H3,(H,18,19). The smallest absolute Gasteiger partial charge is 0.258 e. The SMILES string of the molecule is C#CCNC(=O)COc1ccc2c(c1)CCC2NCC. The fourth-order valence-corrected chi connectivity index (χ4v) is 2.49. The third kappa shape index (κ3) is 3.52. The zero-order valence-corrected chi connectivity index (χ0v) is 11.7. The van der Waals surface area contributed by atoms with Gasteiger partial charge in [-0.15, -0.1) is 6.42 Å². The second kappa shape index (κ2) is 6.97. The number of rotatable bonds is 6. The van der Waals surface area contributed by atoms with Crippen LogP contribution < -0.4 is 15.4 Å². The molecular formula is C16H20N2O2. The summed E-state index contributed by atoms with van der Waals surface area (Å²) in [5, 5.41) is 6.04. The molecule has 2 rings (SSSR count). The van der Waals surface area contributed by atoms with Gasteiger partial charge in [-0.05, 0) is 42.6 Å². The molecule has 1 aliphatic carbocycles. The maximum absolute atomic E-state index is 11.4. The third-order valence-electron chi connectivity index (χ3n) is 3.40. The van der Waals surface area contributed by atoms with E-state index in [2.05, 4.69) is 29.5 Å². The van der Waals surface area contributed by atoms with E-state index in [0.29, 0.717) is 6.04 Å². The minimum Gasteiger partial charge on any atom is -0.484 e. The minimum absolute atomic E-state index is 0.00287. The van der Waals surface area contributed by atoms with Crippen molar-refractivity contribution in [2.75, 3.05) is 19.7 Å². The molecule has 0 fully saturated rings. The van der Waals surface area contributed by atoms with Crippen molar-refractivity contribution >= 4 is 5.91 Å². The Kier molecular flexibility index (Phi) is 5.03. The second-order valence-electron chi connectivity index (χ2n) is 4.78. The van der Waals surface area contributed by atoms with Crippen molar-refractivity contribution in [1.29, 1.82) is 0 Å². The third-order valence-corrected chi connectivity index (χ3v) is 3.40. The molecule has 0 saturated carbocycles. The zero-order chi connectivity index (χ0) is 14.4. The van der Waals surface area contributed by atoms with E-state index in [1.807, 2.05) is 12.1 Å². The lowest BCUT2D eigenvalue weighted by Crippen LogP contribution is -2.29. The van der Waals surface area contributed by atoms with Crippen LogP contribution in [0.5, 0.6) is 5.75 Å². The lowest BCUT2D eigenvalue weighted by atomic mass is 10.1. The second-order valence-corrected chi connectivity index (χ2v) is 4.78. The molecule has 1 atom stereocenters. The number of amides is 1. The van der Waals surface area contributed by atoms with E-state index in [0.717, 1.165) is 25.1 Å². The van der Waals surface area contributed by atoms with E-state index in [9.17, 15) is 4.79 Å². The first-order valence-electron chi connectivity index (χ1n) is 6.93. The van der Waals surface area contributed by atoms with Crippen molar-refractivity contribution < 1.29 is 9.53 Å². The molecule has 0 aromatic heterocycles. The molecule has 4 heteroatoms. The fraction of sp³-hybridized carbons (Fsp3) is 0.438. The average molecular weight is 272 g/mol. The molecule has 0 spiro atoms. The van der Waals surface area contributed by atoms with E-state index >= 15 is 0 Å². The van der Waals surface area contributed by atoms with Crippen molar-refractivity contribution in [3.05, 3.63) is 29.3 Å². The van der Waals surface area contributed by atoms with Gasteiger partial charge in [-0.2, -0.15) is 0 Å². The molecule has 0 bridgehead atoms. The molecule has 1 aromatic carbocycles. The first-order chi connectivity index (χ1) is 9.74. The monoisotopic (exact) mass is 272 g/mol. The first-order valence-corrected chi connectivity index (χ1v) is 6.93. The number of aryl methyl sites for hydroxylation is 1. The Morgan fingerprint density at radius 1 is 1.55 bits per heavy atom. The molecular weight excluding hydrogens is 252 g/mol. The summed E-state index contributed by atoms with van der Waals surface area (Å²) in [5.41, 5.74) is 2.65. The largest absolute Gasteiger partial charge is 0.484 e. The molecule has 2 N–H and O–H groups in total. The van der Waals surface area contributed by atoms with Crippen LogP contribution in [0.1, 0.15) is 30.5 Å². The average Bonchev–Trinajstić information content (AvgIpc) is 2.86. The Bertz CT molecular complexity index is 520. The van der Waals surface area contributed by atoms with E-state index in [1.54, 1.807) is 0 Å². The molecule has 20 heavy (non-hydrogen) atoms. The summed E-state index contributed by atoms with van der Waals surface area (Å²) in [4.78, 5) is 11.4. The van der Waals surface area contributed by atoms with Gasteiger partial charge in [-0.25, -0.2) is 0 Å². The van der Waals surface area contributed by atoms with Gasteiger partial charge < -0.3 is 15.4 Å². The fourth-order valence-electron chi connectivity index (χ4n) is 2.49. The van der Waals surface area contributed by atoms with Gasteiger partial charge in [0.2, 0.25) is 0 Å². The maximum atomic E-state index is 11.4. The van der Waals surface area contributed by atoms with Crippen LogP contribution in [0.4, 0.5) is 0 Å². The molecule has 0 radical (unpaired) electrons. The number of hydrogen-bond acceptors (Lipinski definition) is 3. The van der Waals surface area contributed by atoms with Crippen molar-refractivity contribution in [1.82, 2.24) is 10.6 Å². The van der Waals surface area contributed by atoms with Gasteiger partial charge in [0, 0.05) is 6.04 Å². The minimum atomic E-state index is -0.200. The lowest BCUT2D eigenvalue weighted by molar-refractivity contribution is -0.122. The Hall–Kier alpha value is -1.99. The predicted molar refractivity (Wildman–Crippen MR) is 78.5 cm³/mol. The van der Waals surface area contributed by atoms with Gasteiger partial charge in [0.25, 0.3) is 5.91 Å². The summed E-state index contributed by atoms with van der Waals surface area (Å²) in [6.45, 7) is 3.32. The summed E-state index contributed by atoms with van der Waals surface area (Å²) in [6, 6.07) is 6.48. The molecule has 1 amide bonds. The molecule has 106 valence electrons. The predicted octanol–water partition coefficient (Wildman–Crippen LogP) is 1.41. The van der Waals surface area contributed by atoms with Crippen molar-refractivity contribution in [2.24, 2.45) is 0 Å². The number of nitrogens with one attached hydrogen (secondary N) is 2. The van der Waals surface area contributed by atoms with Crippen molar-refractivity contribution in [3.8, 4) is 18.1 Å². The molecule has 0 heterocycles. The summed E-state index contributed by atoms with van der Waals surface area (Å²) in [6.07, 6.45) is 7.24. The molecule has 1 aromatic rings. The summed E-state index contributed by atoms with van der Waals surface area (Å²) in [7, 11) is 0. The highest BCUT2D eigenvalue weighted by Gasteiger charge is 2.21. The van der Waals surface area contributed by atoms with Crippen LogP contribution in [0.3, 0.4) is 0 Å². The van der Waals surface area contributed by atoms with Crippen molar-refractivity contribution in [2.45, 2.75) is 25.8 Å². The van der Waals surface area contributed by atoms with Gasteiger partial charge >= 0.3 is 0 Å². The van der Waals surface area contributed by atoms with Crippen LogP contribution in [-0.4, -0.2) is 25.6 Å². The number of ether oxygens (including phenoxy) is 1. The van der Waals surface area contributed by atoms with Crippen LogP contribution >= 0.6 is 0 Å². The van der Waals surface area contributed by atoms with Crippen LogP contribution in [0.25, 0.3) is 0 Å². The number of fused-ring (bicyclic) bond motifs is 1. The Labute approximate surface area is 119 Å². The molecule has 0 aliphatic heterocycles. The number of terminal acetylenes is 1. The highest BCUT2D eigenvalue weighted by Crippen LogP contribution is 2.33. The summed E-state index contributed by atoms with van der Waals surface area (Å²) >= 11 is 0. The lowest BCUT2D eigenvalue weighted by Gasteiger charge is -2.13. The number of benzene rings is 1.